The van der Waals surface area contributed by atoms with Gasteiger partial charge in [-0.05, 0) is 31.4 Å². The number of hydrogen-bond acceptors (Lipinski definition) is 5. The maximum Gasteiger partial charge on any atom is 0.198 e. The lowest BCUT2D eigenvalue weighted by atomic mass is 10.1. The third-order valence-electron chi connectivity index (χ3n) is 5.01. The van der Waals surface area contributed by atoms with Crippen LogP contribution in [-0.2, 0) is 24.5 Å². The first-order valence-corrected chi connectivity index (χ1v) is 10.6. The molecule has 0 amide bonds. The second-order valence-electron chi connectivity index (χ2n) is 7.40. The maximum atomic E-state index is 5.56. The van der Waals surface area contributed by atoms with E-state index in [2.05, 4.69) is 47.5 Å². The topological polar surface area (TPSA) is 53.0 Å². The summed E-state index contributed by atoms with van der Waals surface area (Å²) >= 11 is 5.56. The van der Waals surface area contributed by atoms with E-state index in [1.54, 1.807) is 13.4 Å². The summed E-state index contributed by atoms with van der Waals surface area (Å²) in [5.74, 6) is 0. The van der Waals surface area contributed by atoms with E-state index >= 15 is 0 Å². The summed E-state index contributed by atoms with van der Waals surface area (Å²) in [5, 5.41) is 9.34. The molecule has 2 heterocycles. The Hall–Kier alpha value is -3.07. The lowest BCUT2D eigenvalue weighted by molar-refractivity contribution is 0.186. The number of hydrogen-bond donors (Lipinski definition) is 0. The zero-order chi connectivity index (χ0) is 21.6. The molecule has 2 aromatic carbocycles. The molecule has 0 aliphatic heterocycles. The SMILES string of the molecule is COCCn1cnn(CN(C)Cc2cn(-c3ccccc3)nc2-c2ccccc2)c1=S. The highest BCUT2D eigenvalue weighted by Crippen LogP contribution is 2.24. The second-order valence-corrected chi connectivity index (χ2v) is 7.77. The summed E-state index contributed by atoms with van der Waals surface area (Å²) in [4.78, 5) is 2.18. The van der Waals surface area contributed by atoms with Gasteiger partial charge in [0, 0.05) is 37.5 Å². The lowest BCUT2D eigenvalue weighted by Gasteiger charge is -2.16. The molecule has 0 aliphatic rings. The molecule has 2 aromatic heterocycles. The number of nitrogens with zero attached hydrogens (tertiary/aromatic N) is 6. The zero-order valence-electron chi connectivity index (χ0n) is 17.8. The Balaban J connectivity index is 1.58. The predicted octanol–water partition coefficient (Wildman–Crippen LogP) is 4.00. The predicted molar refractivity (Wildman–Crippen MR) is 123 cm³/mol. The quantitative estimate of drug-likeness (QED) is 0.373. The maximum absolute atomic E-state index is 5.56. The molecule has 0 bridgehead atoms. The Morgan fingerprint density at radius 2 is 1.74 bits per heavy atom. The number of para-hydroxylation sites is 1. The number of methoxy groups -OCH3 is 1. The van der Waals surface area contributed by atoms with Crippen molar-refractivity contribution in [2.75, 3.05) is 20.8 Å². The second kappa shape index (κ2) is 9.82. The summed E-state index contributed by atoms with van der Waals surface area (Å²) < 4.78 is 11.5. The minimum absolute atomic E-state index is 0.587. The van der Waals surface area contributed by atoms with Crippen LogP contribution in [0.2, 0.25) is 0 Å². The van der Waals surface area contributed by atoms with E-state index in [0.29, 0.717) is 31.1 Å². The molecule has 0 spiro atoms. The molecule has 160 valence electrons. The number of ether oxygens (including phenoxy) is 1. The molecule has 7 nitrogen and oxygen atoms in total. The van der Waals surface area contributed by atoms with Crippen LogP contribution in [0, 0.1) is 4.77 Å². The zero-order valence-corrected chi connectivity index (χ0v) is 18.6. The number of rotatable bonds is 9. The number of aromatic nitrogens is 5. The summed E-state index contributed by atoms with van der Waals surface area (Å²) in [6, 6.07) is 20.4. The van der Waals surface area contributed by atoms with Crippen LogP contribution in [0.3, 0.4) is 0 Å². The van der Waals surface area contributed by atoms with E-state index in [4.69, 9.17) is 22.1 Å². The molecule has 31 heavy (non-hydrogen) atoms. The molecule has 4 rings (SSSR count). The summed E-state index contributed by atoms with van der Waals surface area (Å²) in [7, 11) is 3.74. The molecular formula is C23H26N6OS. The Morgan fingerprint density at radius 3 is 2.45 bits per heavy atom. The van der Waals surface area contributed by atoms with Gasteiger partial charge in [-0.1, -0.05) is 48.5 Å². The van der Waals surface area contributed by atoms with Gasteiger partial charge in [-0.2, -0.15) is 10.2 Å². The van der Waals surface area contributed by atoms with Crippen molar-refractivity contribution in [1.29, 1.82) is 0 Å². The van der Waals surface area contributed by atoms with Crippen molar-refractivity contribution in [1.82, 2.24) is 29.0 Å². The van der Waals surface area contributed by atoms with Crippen LogP contribution in [0.1, 0.15) is 5.56 Å². The standard InChI is InChI=1S/C23H26N6OS/c1-26(18-29-23(31)27(17-24-29)13-14-30-2)15-20-16-28(21-11-7-4-8-12-21)25-22(20)19-9-5-3-6-10-19/h3-12,16-17H,13-15,18H2,1-2H3. The summed E-state index contributed by atoms with van der Waals surface area (Å²) in [6.07, 6.45) is 3.86. The first kappa shape index (κ1) is 21.2. The van der Waals surface area contributed by atoms with E-state index in [1.807, 2.05) is 50.3 Å². The Labute approximate surface area is 187 Å². The summed E-state index contributed by atoms with van der Waals surface area (Å²) in [5.41, 5.74) is 4.25. The van der Waals surface area contributed by atoms with E-state index < -0.39 is 0 Å². The average molecular weight is 435 g/mol. The monoisotopic (exact) mass is 434 g/mol. The van der Waals surface area contributed by atoms with Gasteiger partial charge in [0.05, 0.1) is 24.7 Å². The molecule has 0 fully saturated rings. The molecule has 0 atom stereocenters. The van der Waals surface area contributed by atoms with E-state index in [0.717, 1.165) is 22.5 Å². The van der Waals surface area contributed by atoms with Crippen molar-refractivity contribution >= 4 is 12.2 Å². The van der Waals surface area contributed by atoms with E-state index in [-0.39, 0.29) is 0 Å². The Kier molecular flexibility index (Phi) is 6.71. The highest BCUT2D eigenvalue weighted by Gasteiger charge is 2.15. The highest BCUT2D eigenvalue weighted by molar-refractivity contribution is 7.71. The van der Waals surface area contributed by atoms with Gasteiger partial charge < -0.3 is 9.30 Å². The first-order chi connectivity index (χ1) is 15.2. The average Bonchev–Trinajstić information content (AvgIpc) is 3.37. The van der Waals surface area contributed by atoms with E-state index in [9.17, 15) is 0 Å². The van der Waals surface area contributed by atoms with Crippen molar-refractivity contribution in [3.8, 4) is 16.9 Å². The van der Waals surface area contributed by atoms with Crippen LogP contribution in [0.5, 0.6) is 0 Å². The molecule has 0 saturated heterocycles. The molecule has 8 heteroatoms. The minimum atomic E-state index is 0.587. The first-order valence-electron chi connectivity index (χ1n) is 10.1. The van der Waals surface area contributed by atoms with Gasteiger partial charge in [0.2, 0.25) is 0 Å². The third-order valence-corrected chi connectivity index (χ3v) is 5.45. The van der Waals surface area contributed by atoms with Gasteiger partial charge in [0.25, 0.3) is 0 Å². The lowest BCUT2D eigenvalue weighted by Crippen LogP contribution is -2.23. The van der Waals surface area contributed by atoms with Gasteiger partial charge >= 0.3 is 0 Å². The van der Waals surface area contributed by atoms with Gasteiger partial charge in [-0.15, -0.1) is 0 Å². The van der Waals surface area contributed by atoms with Gasteiger partial charge in [0.1, 0.15) is 6.33 Å². The van der Waals surface area contributed by atoms with Crippen molar-refractivity contribution in [2.45, 2.75) is 19.8 Å². The normalized spacial score (nSPS) is 11.3. The van der Waals surface area contributed by atoms with Crippen molar-refractivity contribution in [2.24, 2.45) is 0 Å². The van der Waals surface area contributed by atoms with Crippen molar-refractivity contribution in [3.05, 3.63) is 83.5 Å². The molecular weight excluding hydrogens is 408 g/mol. The highest BCUT2D eigenvalue weighted by atomic mass is 32.1. The fourth-order valence-corrected chi connectivity index (χ4v) is 3.70. The largest absolute Gasteiger partial charge is 0.383 e. The molecule has 0 unspecified atom stereocenters. The molecule has 4 aromatic rings. The molecule has 0 saturated carbocycles. The van der Waals surface area contributed by atoms with Gasteiger partial charge in [-0.3, -0.25) is 4.90 Å². The van der Waals surface area contributed by atoms with Crippen LogP contribution < -0.4 is 0 Å². The van der Waals surface area contributed by atoms with Crippen LogP contribution in [0.4, 0.5) is 0 Å². The van der Waals surface area contributed by atoms with E-state index in [1.165, 1.54) is 0 Å². The van der Waals surface area contributed by atoms with Crippen molar-refractivity contribution < 1.29 is 4.74 Å². The fraction of sp³-hybridized carbons (Fsp3) is 0.261. The Morgan fingerprint density at radius 1 is 1.03 bits per heavy atom. The smallest absolute Gasteiger partial charge is 0.198 e. The van der Waals surface area contributed by atoms with Crippen LogP contribution >= 0.6 is 12.2 Å². The minimum Gasteiger partial charge on any atom is -0.383 e. The Bertz CT molecular complexity index is 1170. The molecule has 0 N–H and O–H groups in total. The fourth-order valence-electron chi connectivity index (χ4n) is 3.46. The number of benzene rings is 2. The third kappa shape index (κ3) is 4.99. The van der Waals surface area contributed by atoms with Crippen LogP contribution in [-0.4, -0.2) is 49.8 Å². The van der Waals surface area contributed by atoms with Crippen LogP contribution in [0.25, 0.3) is 16.9 Å². The van der Waals surface area contributed by atoms with Gasteiger partial charge in [0.15, 0.2) is 4.77 Å². The molecule has 0 aliphatic carbocycles. The van der Waals surface area contributed by atoms with Crippen molar-refractivity contribution in [3.63, 3.8) is 0 Å². The van der Waals surface area contributed by atoms with Crippen LogP contribution in [0.15, 0.2) is 73.2 Å². The molecule has 0 radical (unpaired) electrons. The van der Waals surface area contributed by atoms with Gasteiger partial charge in [-0.25, -0.2) is 9.36 Å². The summed E-state index contributed by atoms with van der Waals surface area (Å²) in [6.45, 7) is 2.60.